The third kappa shape index (κ3) is 2.91. The van der Waals surface area contributed by atoms with Gasteiger partial charge in [0.2, 0.25) is 0 Å². The molecule has 0 saturated carbocycles. The Kier molecular flexibility index (Phi) is 3.94. The van der Waals surface area contributed by atoms with E-state index in [4.69, 9.17) is 10.9 Å². The lowest BCUT2D eigenvalue weighted by molar-refractivity contribution is 0.0938. The molecule has 5 N–H and O–H groups in total. The lowest BCUT2D eigenvalue weighted by Gasteiger charge is -2.11. The zero-order valence-electron chi connectivity index (χ0n) is 10.7. The normalized spacial score (nSPS) is 12.9. The maximum atomic E-state index is 12.0. The summed E-state index contributed by atoms with van der Waals surface area (Å²) in [7, 11) is 0. The molecule has 0 saturated heterocycles. The zero-order valence-corrected chi connectivity index (χ0v) is 10.7. The number of amidine groups is 1. The van der Waals surface area contributed by atoms with E-state index in [9.17, 15) is 4.79 Å². The van der Waals surface area contributed by atoms with Gasteiger partial charge in [-0.05, 0) is 19.1 Å². The highest BCUT2D eigenvalue weighted by Gasteiger charge is 2.13. The summed E-state index contributed by atoms with van der Waals surface area (Å²) in [6, 6.07) is 6.10. The van der Waals surface area contributed by atoms with Gasteiger partial charge in [0.15, 0.2) is 5.84 Å². The van der Waals surface area contributed by atoms with E-state index in [2.05, 4.69) is 25.7 Å². The molecule has 1 unspecified atom stereocenters. The van der Waals surface area contributed by atoms with Crippen molar-refractivity contribution in [2.45, 2.75) is 13.0 Å². The van der Waals surface area contributed by atoms with Gasteiger partial charge < -0.3 is 16.3 Å². The Hall–Kier alpha value is -2.90. The third-order valence-corrected chi connectivity index (χ3v) is 2.74. The second-order valence-corrected chi connectivity index (χ2v) is 4.13. The number of H-pyrrole nitrogens is 1. The summed E-state index contributed by atoms with van der Waals surface area (Å²) in [5.74, 6) is 0.318. The van der Waals surface area contributed by atoms with Crippen molar-refractivity contribution in [1.29, 1.82) is 0 Å². The molecular weight excluding hydrogens is 260 g/mol. The molecule has 0 radical (unpaired) electrons. The number of aromatic nitrogens is 3. The molecule has 1 aromatic carbocycles. The third-order valence-electron chi connectivity index (χ3n) is 2.74. The predicted molar refractivity (Wildman–Crippen MR) is 71.2 cm³/mol. The number of hydrogen-bond donors (Lipinski definition) is 4. The zero-order chi connectivity index (χ0) is 14.5. The van der Waals surface area contributed by atoms with E-state index in [0.29, 0.717) is 17.0 Å². The minimum absolute atomic E-state index is 0.00742. The molecule has 0 aliphatic heterocycles. The van der Waals surface area contributed by atoms with Gasteiger partial charge >= 0.3 is 0 Å². The van der Waals surface area contributed by atoms with Crippen LogP contribution in [-0.2, 0) is 0 Å². The Bertz CT molecular complexity index is 605. The summed E-state index contributed by atoms with van der Waals surface area (Å²) < 4.78 is 0. The Morgan fingerprint density at radius 2 is 2.05 bits per heavy atom. The Balaban J connectivity index is 2.06. The predicted octanol–water partition coefficient (Wildman–Crippen LogP) is 0.390. The topological polar surface area (TPSA) is 129 Å². The molecule has 1 amide bonds. The molecule has 0 aliphatic carbocycles. The average Bonchev–Trinajstić information content (AvgIpc) is 3.01. The SMILES string of the molecule is CC(NC(=O)c1ccc(/C(N)=N/O)cc1)c1ncn[nH]1. The lowest BCUT2D eigenvalue weighted by atomic mass is 10.1. The van der Waals surface area contributed by atoms with Crippen LogP contribution in [0.2, 0.25) is 0 Å². The van der Waals surface area contributed by atoms with E-state index in [0.717, 1.165) is 0 Å². The molecule has 20 heavy (non-hydrogen) atoms. The summed E-state index contributed by atoms with van der Waals surface area (Å²) >= 11 is 0. The van der Waals surface area contributed by atoms with Crippen LogP contribution in [0, 0.1) is 0 Å². The van der Waals surface area contributed by atoms with Gasteiger partial charge in [0, 0.05) is 11.1 Å². The smallest absolute Gasteiger partial charge is 0.251 e. The molecule has 8 nitrogen and oxygen atoms in total. The molecule has 0 fully saturated rings. The number of nitrogens with one attached hydrogen (secondary N) is 2. The van der Waals surface area contributed by atoms with Gasteiger partial charge in [0.05, 0.1) is 6.04 Å². The molecule has 0 bridgehead atoms. The second-order valence-electron chi connectivity index (χ2n) is 4.13. The molecule has 8 heteroatoms. The number of nitrogens with two attached hydrogens (primary N) is 1. The number of oxime groups is 1. The van der Waals surface area contributed by atoms with Crippen LogP contribution in [0.1, 0.15) is 34.7 Å². The first-order valence-electron chi connectivity index (χ1n) is 5.86. The summed E-state index contributed by atoms with van der Waals surface area (Å²) in [4.78, 5) is 16.0. The van der Waals surface area contributed by atoms with E-state index >= 15 is 0 Å². The fourth-order valence-corrected chi connectivity index (χ4v) is 1.62. The van der Waals surface area contributed by atoms with Gasteiger partial charge in [-0.2, -0.15) is 5.10 Å². The maximum absolute atomic E-state index is 12.0. The van der Waals surface area contributed by atoms with Crippen LogP contribution < -0.4 is 11.1 Å². The molecule has 1 atom stereocenters. The van der Waals surface area contributed by atoms with Crippen molar-refractivity contribution < 1.29 is 10.0 Å². The van der Waals surface area contributed by atoms with Crippen LogP contribution in [-0.4, -0.2) is 32.1 Å². The fraction of sp³-hybridized carbons (Fsp3) is 0.167. The lowest BCUT2D eigenvalue weighted by Crippen LogP contribution is -2.27. The Morgan fingerprint density at radius 3 is 2.60 bits per heavy atom. The first kappa shape index (κ1) is 13.5. The van der Waals surface area contributed by atoms with Crippen molar-refractivity contribution in [3.05, 3.63) is 47.5 Å². The Labute approximate surface area is 114 Å². The van der Waals surface area contributed by atoms with Crippen LogP contribution in [0.3, 0.4) is 0 Å². The van der Waals surface area contributed by atoms with Gasteiger partial charge in [0.1, 0.15) is 12.2 Å². The number of aromatic amines is 1. The number of nitrogens with zero attached hydrogens (tertiary/aromatic N) is 3. The van der Waals surface area contributed by atoms with E-state index in [1.54, 1.807) is 31.2 Å². The molecule has 1 heterocycles. The van der Waals surface area contributed by atoms with Crippen molar-refractivity contribution >= 4 is 11.7 Å². The van der Waals surface area contributed by atoms with Crippen molar-refractivity contribution in [3.63, 3.8) is 0 Å². The number of carbonyl (C=O) groups is 1. The minimum Gasteiger partial charge on any atom is -0.409 e. The molecule has 2 rings (SSSR count). The van der Waals surface area contributed by atoms with Crippen LogP contribution >= 0.6 is 0 Å². The summed E-state index contributed by atoms with van der Waals surface area (Å²) in [6.45, 7) is 1.79. The second kappa shape index (κ2) is 5.83. The van der Waals surface area contributed by atoms with Crippen LogP contribution in [0.4, 0.5) is 0 Å². The minimum atomic E-state index is -0.284. The van der Waals surface area contributed by atoms with Crippen LogP contribution in [0.5, 0.6) is 0 Å². The number of rotatable bonds is 4. The highest BCUT2D eigenvalue weighted by atomic mass is 16.4. The van der Waals surface area contributed by atoms with Crippen molar-refractivity contribution in [2.75, 3.05) is 0 Å². The summed E-state index contributed by atoms with van der Waals surface area (Å²) in [6.07, 6.45) is 1.38. The van der Waals surface area contributed by atoms with Gasteiger partial charge in [-0.3, -0.25) is 9.89 Å². The van der Waals surface area contributed by atoms with E-state index in [-0.39, 0.29) is 17.8 Å². The molecule has 104 valence electrons. The summed E-state index contributed by atoms with van der Waals surface area (Å²) in [5.41, 5.74) is 6.44. The monoisotopic (exact) mass is 274 g/mol. The number of hydrogen-bond acceptors (Lipinski definition) is 5. The van der Waals surface area contributed by atoms with Crippen LogP contribution in [0.25, 0.3) is 0 Å². The average molecular weight is 274 g/mol. The first-order valence-corrected chi connectivity index (χ1v) is 5.86. The van der Waals surface area contributed by atoms with E-state index in [1.165, 1.54) is 6.33 Å². The highest BCUT2D eigenvalue weighted by molar-refractivity contribution is 5.99. The van der Waals surface area contributed by atoms with E-state index in [1.807, 2.05) is 0 Å². The summed E-state index contributed by atoms with van der Waals surface area (Å²) in [5, 5.41) is 20.6. The quantitative estimate of drug-likeness (QED) is 0.277. The molecule has 0 aliphatic rings. The molecular formula is C12H14N6O2. The number of carbonyl (C=O) groups excluding carboxylic acids is 1. The van der Waals surface area contributed by atoms with E-state index < -0.39 is 0 Å². The maximum Gasteiger partial charge on any atom is 0.251 e. The van der Waals surface area contributed by atoms with Gasteiger partial charge in [-0.1, -0.05) is 17.3 Å². The fourth-order valence-electron chi connectivity index (χ4n) is 1.62. The molecule has 0 spiro atoms. The largest absolute Gasteiger partial charge is 0.409 e. The number of benzene rings is 1. The first-order chi connectivity index (χ1) is 9.61. The van der Waals surface area contributed by atoms with Crippen molar-refractivity contribution in [3.8, 4) is 0 Å². The van der Waals surface area contributed by atoms with Crippen molar-refractivity contribution in [2.24, 2.45) is 10.9 Å². The van der Waals surface area contributed by atoms with Crippen LogP contribution in [0.15, 0.2) is 35.7 Å². The van der Waals surface area contributed by atoms with Gasteiger partial charge in [-0.25, -0.2) is 4.98 Å². The molecule has 2 aromatic rings. The van der Waals surface area contributed by atoms with Gasteiger partial charge in [-0.15, -0.1) is 0 Å². The molecule has 1 aromatic heterocycles. The standard InChI is InChI=1S/C12H14N6O2/c1-7(11-14-6-15-17-11)16-12(19)9-4-2-8(3-5-9)10(13)18-20/h2-7,20H,1H3,(H2,13,18)(H,16,19)(H,14,15,17). The van der Waals surface area contributed by atoms with Gasteiger partial charge in [0.25, 0.3) is 5.91 Å². The Morgan fingerprint density at radius 1 is 1.40 bits per heavy atom. The number of amides is 1. The highest BCUT2D eigenvalue weighted by Crippen LogP contribution is 2.08. The van der Waals surface area contributed by atoms with Crippen molar-refractivity contribution in [1.82, 2.24) is 20.5 Å².